The second-order valence-electron chi connectivity index (χ2n) is 7.37. The van der Waals surface area contributed by atoms with E-state index < -0.39 is 0 Å². The molecule has 1 atom stereocenters. The Hall–Kier alpha value is -1.35. The van der Waals surface area contributed by atoms with E-state index in [0.717, 1.165) is 25.6 Å². The second-order valence-corrected chi connectivity index (χ2v) is 7.37. The Morgan fingerprint density at radius 1 is 1.36 bits per heavy atom. The molecule has 1 aromatic carbocycles. The van der Waals surface area contributed by atoms with Crippen molar-refractivity contribution in [3.8, 4) is 0 Å². The SMILES string of the molecule is CCNC(=NCCC(=O)NC(C)C)N1CCOC(c2ccc(C)cc2C)C1.I. The first kappa shape index (κ1) is 24.7. The Morgan fingerprint density at radius 2 is 2.11 bits per heavy atom. The van der Waals surface area contributed by atoms with E-state index in [1.165, 1.54) is 16.7 Å². The van der Waals surface area contributed by atoms with Gasteiger partial charge in [0.1, 0.15) is 6.10 Å². The number of aryl methyl sites for hydroxylation is 2. The molecule has 0 aliphatic carbocycles. The summed E-state index contributed by atoms with van der Waals surface area (Å²) in [5.74, 6) is 0.896. The van der Waals surface area contributed by atoms with Crippen LogP contribution in [0.2, 0.25) is 0 Å². The smallest absolute Gasteiger partial charge is 0.222 e. The van der Waals surface area contributed by atoms with E-state index in [4.69, 9.17) is 4.74 Å². The van der Waals surface area contributed by atoms with E-state index in [1.54, 1.807) is 0 Å². The van der Waals surface area contributed by atoms with Gasteiger partial charge in [-0.05, 0) is 45.7 Å². The van der Waals surface area contributed by atoms with Crippen molar-refractivity contribution in [2.24, 2.45) is 4.99 Å². The van der Waals surface area contributed by atoms with Gasteiger partial charge in [-0.1, -0.05) is 23.8 Å². The van der Waals surface area contributed by atoms with Gasteiger partial charge in [0.25, 0.3) is 0 Å². The average molecular weight is 502 g/mol. The van der Waals surface area contributed by atoms with Crippen LogP contribution >= 0.6 is 24.0 Å². The maximum Gasteiger partial charge on any atom is 0.222 e. The van der Waals surface area contributed by atoms with Crippen LogP contribution in [0.15, 0.2) is 23.2 Å². The number of guanidine groups is 1. The fourth-order valence-corrected chi connectivity index (χ4v) is 3.30. The number of benzene rings is 1. The van der Waals surface area contributed by atoms with E-state index in [2.05, 4.69) is 59.5 Å². The molecular weight excluding hydrogens is 467 g/mol. The highest BCUT2D eigenvalue weighted by molar-refractivity contribution is 14.0. The number of rotatable bonds is 6. The van der Waals surface area contributed by atoms with Crippen LogP contribution < -0.4 is 10.6 Å². The summed E-state index contributed by atoms with van der Waals surface area (Å²) in [5.41, 5.74) is 3.75. The van der Waals surface area contributed by atoms with Crippen molar-refractivity contribution in [2.75, 3.05) is 32.8 Å². The highest BCUT2D eigenvalue weighted by Crippen LogP contribution is 2.25. The third-order valence-electron chi connectivity index (χ3n) is 4.52. The van der Waals surface area contributed by atoms with Gasteiger partial charge in [0.05, 0.1) is 19.7 Å². The van der Waals surface area contributed by atoms with Crippen LogP contribution in [0.25, 0.3) is 0 Å². The highest BCUT2D eigenvalue weighted by atomic mass is 127. The standard InChI is InChI=1S/C21H34N4O2.HI/c1-6-22-21(23-10-9-20(26)24-15(2)3)25-11-12-27-19(14-25)18-8-7-16(4)13-17(18)5;/h7-8,13,15,19H,6,9-12,14H2,1-5H3,(H,22,23)(H,24,26);1H. The molecular formula is C21H35IN4O2. The Balaban J connectivity index is 0.00000392. The number of ether oxygens (including phenoxy) is 1. The van der Waals surface area contributed by atoms with Gasteiger partial charge in [-0.3, -0.25) is 9.79 Å². The summed E-state index contributed by atoms with van der Waals surface area (Å²) in [6, 6.07) is 6.66. The van der Waals surface area contributed by atoms with Gasteiger partial charge in [0, 0.05) is 25.6 Å². The Bertz CT molecular complexity index is 664. The Morgan fingerprint density at radius 3 is 2.75 bits per heavy atom. The molecule has 28 heavy (non-hydrogen) atoms. The quantitative estimate of drug-likeness (QED) is 0.357. The van der Waals surface area contributed by atoms with Crippen LogP contribution in [0.3, 0.4) is 0 Å². The number of nitrogens with one attached hydrogen (secondary N) is 2. The van der Waals surface area contributed by atoms with E-state index in [9.17, 15) is 4.79 Å². The third kappa shape index (κ3) is 7.58. The summed E-state index contributed by atoms with van der Waals surface area (Å²) in [6.07, 6.45) is 0.435. The van der Waals surface area contributed by atoms with Gasteiger partial charge in [-0.2, -0.15) is 0 Å². The van der Waals surface area contributed by atoms with Crippen LogP contribution in [0.4, 0.5) is 0 Å². The van der Waals surface area contributed by atoms with Crippen LogP contribution in [-0.4, -0.2) is 55.6 Å². The molecule has 1 aliphatic rings. The Labute approximate surface area is 186 Å². The van der Waals surface area contributed by atoms with Crippen LogP contribution in [-0.2, 0) is 9.53 Å². The first-order valence-electron chi connectivity index (χ1n) is 9.92. The van der Waals surface area contributed by atoms with Crippen molar-refractivity contribution in [2.45, 2.75) is 53.2 Å². The lowest BCUT2D eigenvalue weighted by Crippen LogP contribution is -2.48. The van der Waals surface area contributed by atoms with Gasteiger partial charge < -0.3 is 20.3 Å². The number of halogens is 1. The molecule has 1 heterocycles. The maximum absolute atomic E-state index is 11.8. The van der Waals surface area contributed by atoms with Crippen LogP contribution in [0.1, 0.15) is 50.0 Å². The molecule has 6 nitrogen and oxygen atoms in total. The van der Waals surface area contributed by atoms with E-state index in [1.807, 2.05) is 13.8 Å². The number of carbonyl (C=O) groups excluding carboxylic acids is 1. The fourth-order valence-electron chi connectivity index (χ4n) is 3.30. The lowest BCUT2D eigenvalue weighted by molar-refractivity contribution is -0.121. The molecule has 0 spiro atoms. The summed E-state index contributed by atoms with van der Waals surface area (Å²) in [5, 5.41) is 6.26. The predicted octanol–water partition coefficient (Wildman–Crippen LogP) is 3.17. The highest BCUT2D eigenvalue weighted by Gasteiger charge is 2.25. The van der Waals surface area contributed by atoms with E-state index in [-0.39, 0.29) is 42.0 Å². The summed E-state index contributed by atoms with van der Waals surface area (Å²) >= 11 is 0. The number of aliphatic imine (C=N–C) groups is 1. The topological polar surface area (TPSA) is 66.0 Å². The zero-order chi connectivity index (χ0) is 19.8. The molecule has 0 saturated carbocycles. The summed E-state index contributed by atoms with van der Waals surface area (Å²) in [4.78, 5) is 18.7. The van der Waals surface area contributed by atoms with E-state index in [0.29, 0.717) is 19.6 Å². The largest absolute Gasteiger partial charge is 0.370 e. The number of hydrogen-bond donors (Lipinski definition) is 2. The zero-order valence-electron chi connectivity index (χ0n) is 17.7. The molecule has 0 radical (unpaired) electrons. The van der Waals surface area contributed by atoms with Crippen molar-refractivity contribution in [1.82, 2.24) is 15.5 Å². The van der Waals surface area contributed by atoms with Crippen LogP contribution in [0, 0.1) is 13.8 Å². The fraction of sp³-hybridized carbons (Fsp3) is 0.619. The minimum Gasteiger partial charge on any atom is -0.370 e. The summed E-state index contributed by atoms with van der Waals surface area (Å²) in [6.45, 7) is 13.7. The normalized spacial score (nSPS) is 17.3. The molecule has 7 heteroatoms. The van der Waals surface area contributed by atoms with Crippen molar-refractivity contribution in [3.63, 3.8) is 0 Å². The van der Waals surface area contributed by atoms with Crippen LogP contribution in [0.5, 0.6) is 0 Å². The van der Waals surface area contributed by atoms with Crippen molar-refractivity contribution < 1.29 is 9.53 Å². The number of amides is 1. The van der Waals surface area contributed by atoms with Gasteiger partial charge in [0.15, 0.2) is 5.96 Å². The molecule has 0 bridgehead atoms. The molecule has 1 fully saturated rings. The third-order valence-corrected chi connectivity index (χ3v) is 4.52. The Kier molecular flexibility index (Phi) is 10.8. The van der Waals surface area contributed by atoms with Crippen molar-refractivity contribution >= 4 is 35.8 Å². The predicted molar refractivity (Wildman–Crippen MR) is 125 cm³/mol. The van der Waals surface area contributed by atoms with E-state index >= 15 is 0 Å². The number of hydrogen-bond acceptors (Lipinski definition) is 3. The molecule has 2 N–H and O–H groups in total. The van der Waals surface area contributed by atoms with Crippen molar-refractivity contribution in [1.29, 1.82) is 0 Å². The van der Waals surface area contributed by atoms with Crippen molar-refractivity contribution in [3.05, 3.63) is 34.9 Å². The summed E-state index contributed by atoms with van der Waals surface area (Å²) < 4.78 is 6.04. The first-order chi connectivity index (χ1) is 12.9. The monoisotopic (exact) mass is 502 g/mol. The molecule has 158 valence electrons. The molecule has 1 unspecified atom stereocenters. The molecule has 1 amide bonds. The van der Waals surface area contributed by atoms with Gasteiger partial charge in [0.2, 0.25) is 5.91 Å². The lowest BCUT2D eigenvalue weighted by Gasteiger charge is -2.36. The van der Waals surface area contributed by atoms with Gasteiger partial charge in [-0.25, -0.2) is 0 Å². The number of carbonyl (C=O) groups is 1. The first-order valence-corrected chi connectivity index (χ1v) is 9.92. The maximum atomic E-state index is 11.8. The number of nitrogens with zero attached hydrogens (tertiary/aromatic N) is 2. The second kappa shape index (κ2) is 12.3. The minimum atomic E-state index is 0. The lowest BCUT2D eigenvalue weighted by atomic mass is 10.00. The zero-order valence-corrected chi connectivity index (χ0v) is 20.1. The molecule has 2 rings (SSSR count). The average Bonchev–Trinajstić information content (AvgIpc) is 2.60. The van der Waals surface area contributed by atoms with Gasteiger partial charge in [-0.15, -0.1) is 24.0 Å². The molecule has 1 saturated heterocycles. The number of morpholine rings is 1. The summed E-state index contributed by atoms with van der Waals surface area (Å²) in [7, 11) is 0. The molecule has 1 aromatic rings. The minimum absolute atomic E-state index is 0. The molecule has 0 aromatic heterocycles. The van der Waals surface area contributed by atoms with Gasteiger partial charge >= 0.3 is 0 Å². The molecule has 1 aliphatic heterocycles.